The van der Waals surface area contributed by atoms with E-state index in [9.17, 15) is 0 Å². The Hall–Kier alpha value is -1.40. The predicted molar refractivity (Wildman–Crippen MR) is 135 cm³/mol. The Kier molecular flexibility index (Phi) is 6.60. The lowest BCUT2D eigenvalue weighted by atomic mass is 10.0. The smallest absolute Gasteiger partial charge is 0.135 e. The normalized spacial score (nSPS) is 10.8. The van der Waals surface area contributed by atoms with E-state index in [1.165, 1.54) is 0 Å². The van der Waals surface area contributed by atoms with E-state index < -0.39 is 0 Å². The molecule has 0 fully saturated rings. The maximum Gasteiger partial charge on any atom is 0.135 e. The van der Waals surface area contributed by atoms with Crippen LogP contribution in [0.15, 0.2) is 103 Å². The van der Waals surface area contributed by atoms with Crippen molar-refractivity contribution in [1.82, 2.24) is 0 Å². The predicted octanol–water partition coefficient (Wildman–Crippen LogP) is 9.86. The fourth-order valence-electron chi connectivity index (χ4n) is 3.06. The van der Waals surface area contributed by atoms with Gasteiger partial charge in [-0.05, 0) is 71.8 Å². The molecule has 4 rings (SSSR count). The first kappa shape index (κ1) is 20.9. The van der Waals surface area contributed by atoms with Crippen molar-refractivity contribution in [3.63, 3.8) is 0 Å². The molecule has 5 heteroatoms. The topological polar surface area (TPSA) is 9.23 Å². The minimum absolute atomic E-state index is 0.796. The Labute approximate surface area is 203 Å². The summed E-state index contributed by atoms with van der Waals surface area (Å²) in [6, 6.07) is 28.5. The van der Waals surface area contributed by atoms with E-state index in [0.717, 1.165) is 51.6 Å². The molecule has 29 heavy (non-hydrogen) atoms. The molecule has 0 unspecified atom stereocenters. The molecule has 0 aromatic heterocycles. The van der Waals surface area contributed by atoms with Gasteiger partial charge in [0.1, 0.15) is 11.5 Å². The first-order valence-corrected chi connectivity index (χ1v) is 12.0. The molecule has 0 aliphatic carbocycles. The third kappa shape index (κ3) is 5.02. The van der Waals surface area contributed by atoms with Gasteiger partial charge in [-0.25, -0.2) is 0 Å². The molecule has 0 bridgehead atoms. The van der Waals surface area contributed by atoms with E-state index in [0.29, 0.717) is 0 Å². The lowest BCUT2D eigenvalue weighted by Gasteiger charge is -2.16. The van der Waals surface area contributed by atoms with Crippen molar-refractivity contribution >= 4 is 63.7 Å². The summed E-state index contributed by atoms with van der Waals surface area (Å²) in [5.74, 6) is 1.59. The van der Waals surface area contributed by atoms with Crippen LogP contribution < -0.4 is 4.74 Å². The number of benzene rings is 4. The van der Waals surface area contributed by atoms with Gasteiger partial charge in [0, 0.05) is 29.0 Å². The highest BCUT2D eigenvalue weighted by Gasteiger charge is 2.13. The number of hydrogen-bond acceptors (Lipinski definition) is 1. The van der Waals surface area contributed by atoms with Gasteiger partial charge in [0.05, 0.1) is 0 Å². The molecule has 4 aromatic rings. The van der Waals surface area contributed by atoms with Gasteiger partial charge in [-0.2, -0.15) is 0 Å². The fraction of sp³-hybridized carbons (Fsp3) is 0. The van der Waals surface area contributed by atoms with E-state index in [2.05, 4.69) is 100 Å². The van der Waals surface area contributed by atoms with E-state index in [1.807, 2.05) is 48.5 Å². The summed E-state index contributed by atoms with van der Waals surface area (Å²) < 4.78 is 10.5. The SMILES string of the molecule is Brc1cccc(-c2cc(Br)ccc2Oc2ccc(Br)cc2-c2cccc(Br)c2)c1. The molecule has 0 atom stereocenters. The van der Waals surface area contributed by atoms with Crippen molar-refractivity contribution in [3.8, 4) is 33.8 Å². The molecular formula is C24H14Br4O. The molecule has 0 aliphatic heterocycles. The molecule has 0 radical (unpaired) electrons. The standard InChI is InChI=1S/C24H14Br4O/c25-17-5-1-3-15(11-17)21-13-19(27)7-9-23(21)29-24-10-8-20(28)14-22(24)16-4-2-6-18(26)12-16/h1-14H. The van der Waals surface area contributed by atoms with Crippen LogP contribution in [0.25, 0.3) is 22.3 Å². The lowest BCUT2D eigenvalue weighted by Crippen LogP contribution is -1.92. The average molecular weight is 638 g/mol. The molecule has 0 aliphatic rings. The molecule has 0 saturated carbocycles. The summed E-state index contributed by atoms with van der Waals surface area (Å²) in [6.07, 6.45) is 0. The van der Waals surface area contributed by atoms with Crippen molar-refractivity contribution in [2.75, 3.05) is 0 Å². The number of ether oxygens (including phenoxy) is 1. The van der Waals surface area contributed by atoms with E-state index in [-0.39, 0.29) is 0 Å². The van der Waals surface area contributed by atoms with Crippen LogP contribution in [0.3, 0.4) is 0 Å². The van der Waals surface area contributed by atoms with E-state index in [4.69, 9.17) is 4.74 Å². The summed E-state index contributed by atoms with van der Waals surface area (Å²) >= 11 is 14.3. The van der Waals surface area contributed by atoms with Crippen molar-refractivity contribution in [2.24, 2.45) is 0 Å². The maximum atomic E-state index is 6.47. The van der Waals surface area contributed by atoms with Crippen LogP contribution >= 0.6 is 63.7 Å². The molecule has 0 saturated heterocycles. The van der Waals surface area contributed by atoms with Crippen LogP contribution in [0.2, 0.25) is 0 Å². The van der Waals surface area contributed by atoms with Gasteiger partial charge in [0.25, 0.3) is 0 Å². The summed E-state index contributed by atoms with van der Waals surface area (Å²) in [5.41, 5.74) is 4.20. The highest BCUT2D eigenvalue weighted by Crippen LogP contribution is 2.41. The van der Waals surface area contributed by atoms with Gasteiger partial charge in [0.2, 0.25) is 0 Å². The van der Waals surface area contributed by atoms with Crippen LogP contribution in [-0.2, 0) is 0 Å². The zero-order chi connectivity index (χ0) is 20.4. The second kappa shape index (κ2) is 9.17. The Morgan fingerprint density at radius 3 is 1.28 bits per heavy atom. The van der Waals surface area contributed by atoms with Crippen molar-refractivity contribution in [1.29, 1.82) is 0 Å². The van der Waals surface area contributed by atoms with Crippen molar-refractivity contribution in [2.45, 2.75) is 0 Å². The van der Waals surface area contributed by atoms with Crippen molar-refractivity contribution < 1.29 is 4.74 Å². The van der Waals surface area contributed by atoms with Crippen LogP contribution in [0, 0.1) is 0 Å². The Morgan fingerprint density at radius 1 is 0.448 bits per heavy atom. The summed E-state index contributed by atoms with van der Waals surface area (Å²) in [7, 11) is 0. The van der Waals surface area contributed by atoms with Gasteiger partial charge in [0.15, 0.2) is 0 Å². The third-order valence-electron chi connectivity index (χ3n) is 4.37. The fourth-order valence-corrected chi connectivity index (χ4v) is 4.58. The molecule has 0 heterocycles. The zero-order valence-electron chi connectivity index (χ0n) is 15.0. The first-order valence-electron chi connectivity index (χ1n) is 8.78. The minimum atomic E-state index is 0.796. The number of rotatable bonds is 4. The third-order valence-corrected chi connectivity index (χ3v) is 6.35. The first-order chi connectivity index (χ1) is 14.0. The molecular weight excluding hydrogens is 624 g/mol. The summed E-state index contributed by atoms with van der Waals surface area (Å²) in [5, 5.41) is 0. The molecule has 1 nitrogen and oxygen atoms in total. The second-order valence-corrected chi connectivity index (χ2v) is 10.1. The minimum Gasteiger partial charge on any atom is -0.456 e. The largest absolute Gasteiger partial charge is 0.456 e. The molecule has 0 amide bonds. The van der Waals surface area contributed by atoms with Gasteiger partial charge < -0.3 is 4.74 Å². The van der Waals surface area contributed by atoms with Crippen LogP contribution in [0.5, 0.6) is 11.5 Å². The highest BCUT2D eigenvalue weighted by atomic mass is 79.9. The van der Waals surface area contributed by atoms with Crippen LogP contribution in [-0.4, -0.2) is 0 Å². The summed E-state index contributed by atoms with van der Waals surface area (Å²) in [6.45, 7) is 0. The Bertz CT molecular complexity index is 1090. The van der Waals surface area contributed by atoms with Crippen LogP contribution in [0.1, 0.15) is 0 Å². The van der Waals surface area contributed by atoms with Gasteiger partial charge >= 0.3 is 0 Å². The van der Waals surface area contributed by atoms with E-state index in [1.54, 1.807) is 0 Å². The number of halogens is 4. The average Bonchev–Trinajstić information content (AvgIpc) is 2.70. The Morgan fingerprint density at radius 2 is 0.862 bits per heavy atom. The number of hydrogen-bond donors (Lipinski definition) is 0. The molecule has 0 spiro atoms. The van der Waals surface area contributed by atoms with Gasteiger partial charge in [-0.3, -0.25) is 0 Å². The highest BCUT2D eigenvalue weighted by molar-refractivity contribution is 9.11. The molecule has 144 valence electrons. The van der Waals surface area contributed by atoms with Crippen molar-refractivity contribution in [3.05, 3.63) is 103 Å². The lowest BCUT2D eigenvalue weighted by molar-refractivity contribution is 0.486. The molecule has 4 aromatic carbocycles. The quantitative estimate of drug-likeness (QED) is 0.216. The molecule has 0 N–H and O–H groups in total. The Balaban J connectivity index is 1.82. The van der Waals surface area contributed by atoms with Gasteiger partial charge in [-0.15, -0.1) is 0 Å². The van der Waals surface area contributed by atoms with Gasteiger partial charge in [-0.1, -0.05) is 88.0 Å². The summed E-state index contributed by atoms with van der Waals surface area (Å²) in [4.78, 5) is 0. The van der Waals surface area contributed by atoms with Crippen LogP contribution in [0.4, 0.5) is 0 Å². The zero-order valence-corrected chi connectivity index (χ0v) is 21.3. The maximum absolute atomic E-state index is 6.47. The van der Waals surface area contributed by atoms with E-state index >= 15 is 0 Å². The monoisotopic (exact) mass is 634 g/mol. The second-order valence-electron chi connectivity index (χ2n) is 6.40.